The molecule has 7 nitrogen and oxygen atoms in total. The summed E-state index contributed by atoms with van der Waals surface area (Å²) in [6.07, 6.45) is 3.99. The standard InChI is InChI=1S/C19H22ClN3O4/c1-18(2,17(25)26)23-12-13(11-21-23)22-16(24)19(7-9-27-10-8-19)14-5-3-4-6-15(14)20/h3-6,11-12H,7-10H2,1-2H3,(H,22,24)(H,25,26). The number of carbonyl (C=O) groups is 2. The van der Waals surface area contributed by atoms with Gasteiger partial charge in [-0.2, -0.15) is 5.10 Å². The van der Waals surface area contributed by atoms with Crippen molar-refractivity contribution in [2.75, 3.05) is 18.5 Å². The number of anilines is 1. The summed E-state index contributed by atoms with van der Waals surface area (Å²) in [7, 11) is 0. The van der Waals surface area contributed by atoms with Crippen LogP contribution in [0.4, 0.5) is 5.69 Å². The molecule has 1 saturated heterocycles. The first-order valence-electron chi connectivity index (χ1n) is 8.70. The third kappa shape index (κ3) is 3.57. The summed E-state index contributed by atoms with van der Waals surface area (Å²) in [6.45, 7) is 4.00. The van der Waals surface area contributed by atoms with Gasteiger partial charge in [-0.3, -0.25) is 9.48 Å². The van der Waals surface area contributed by atoms with Crippen LogP contribution < -0.4 is 5.32 Å². The first kappa shape index (κ1) is 19.4. The highest BCUT2D eigenvalue weighted by Gasteiger charge is 2.43. The molecule has 1 amide bonds. The number of aliphatic carboxylic acids is 1. The Bertz CT molecular complexity index is 856. The number of aromatic nitrogens is 2. The molecule has 0 radical (unpaired) electrons. The number of nitrogens with zero attached hydrogens (tertiary/aromatic N) is 2. The van der Waals surface area contributed by atoms with Gasteiger partial charge >= 0.3 is 5.97 Å². The Morgan fingerprint density at radius 3 is 2.59 bits per heavy atom. The molecule has 0 unspecified atom stereocenters. The fourth-order valence-corrected chi connectivity index (χ4v) is 3.55. The van der Waals surface area contributed by atoms with Gasteiger partial charge in [-0.25, -0.2) is 4.79 Å². The molecule has 2 aromatic rings. The highest BCUT2D eigenvalue weighted by Crippen LogP contribution is 2.39. The Kier molecular flexibility index (Phi) is 5.26. The largest absolute Gasteiger partial charge is 0.479 e. The zero-order valence-corrected chi connectivity index (χ0v) is 16.0. The van der Waals surface area contributed by atoms with Crippen molar-refractivity contribution >= 4 is 29.2 Å². The third-order valence-electron chi connectivity index (χ3n) is 5.11. The van der Waals surface area contributed by atoms with Crippen LogP contribution in [-0.4, -0.2) is 40.0 Å². The van der Waals surface area contributed by atoms with Crippen LogP contribution in [0.1, 0.15) is 32.3 Å². The second kappa shape index (κ2) is 7.32. The smallest absolute Gasteiger partial charge is 0.331 e. The van der Waals surface area contributed by atoms with E-state index in [-0.39, 0.29) is 5.91 Å². The van der Waals surface area contributed by atoms with E-state index >= 15 is 0 Å². The first-order chi connectivity index (χ1) is 12.8. The number of hydrogen-bond acceptors (Lipinski definition) is 4. The number of carbonyl (C=O) groups excluding carboxylic acids is 1. The van der Waals surface area contributed by atoms with Gasteiger partial charge in [0, 0.05) is 24.4 Å². The van der Waals surface area contributed by atoms with Crippen molar-refractivity contribution in [2.24, 2.45) is 0 Å². The zero-order valence-electron chi connectivity index (χ0n) is 15.2. The van der Waals surface area contributed by atoms with E-state index in [0.717, 1.165) is 5.56 Å². The monoisotopic (exact) mass is 391 g/mol. The average molecular weight is 392 g/mol. The maximum atomic E-state index is 13.3. The molecule has 0 bridgehead atoms. The van der Waals surface area contributed by atoms with Crippen molar-refractivity contribution < 1.29 is 19.4 Å². The molecule has 1 aliphatic rings. The summed E-state index contributed by atoms with van der Waals surface area (Å²) in [6, 6.07) is 7.33. The van der Waals surface area contributed by atoms with Crippen molar-refractivity contribution in [3.05, 3.63) is 47.2 Å². The zero-order chi connectivity index (χ0) is 19.7. The third-order valence-corrected chi connectivity index (χ3v) is 5.44. The summed E-state index contributed by atoms with van der Waals surface area (Å²) in [5, 5.41) is 16.8. The van der Waals surface area contributed by atoms with E-state index < -0.39 is 16.9 Å². The van der Waals surface area contributed by atoms with E-state index in [2.05, 4.69) is 10.4 Å². The lowest BCUT2D eigenvalue weighted by Gasteiger charge is -2.36. The number of nitrogens with one attached hydrogen (secondary N) is 1. The van der Waals surface area contributed by atoms with E-state index in [4.69, 9.17) is 16.3 Å². The molecular formula is C19H22ClN3O4. The van der Waals surface area contributed by atoms with Crippen molar-refractivity contribution in [1.29, 1.82) is 0 Å². The van der Waals surface area contributed by atoms with Crippen molar-refractivity contribution in [3.63, 3.8) is 0 Å². The maximum Gasteiger partial charge on any atom is 0.331 e. The van der Waals surface area contributed by atoms with Gasteiger partial charge in [0.15, 0.2) is 5.54 Å². The Morgan fingerprint density at radius 1 is 1.30 bits per heavy atom. The lowest BCUT2D eigenvalue weighted by atomic mass is 9.73. The molecule has 0 saturated carbocycles. The van der Waals surface area contributed by atoms with Gasteiger partial charge in [-0.1, -0.05) is 29.8 Å². The van der Waals surface area contributed by atoms with Crippen LogP contribution in [-0.2, 0) is 25.3 Å². The van der Waals surface area contributed by atoms with Gasteiger partial charge in [0.25, 0.3) is 0 Å². The summed E-state index contributed by atoms with van der Waals surface area (Å²) in [4.78, 5) is 24.7. The number of amides is 1. The Hall–Kier alpha value is -2.38. The van der Waals surface area contributed by atoms with E-state index in [1.807, 2.05) is 18.2 Å². The molecule has 1 aliphatic heterocycles. The fourth-order valence-electron chi connectivity index (χ4n) is 3.23. The second-order valence-electron chi connectivity index (χ2n) is 7.17. The molecule has 1 aromatic carbocycles. The molecule has 8 heteroatoms. The van der Waals surface area contributed by atoms with Crippen LogP contribution in [0.25, 0.3) is 0 Å². The van der Waals surface area contributed by atoms with Crippen LogP contribution in [0.3, 0.4) is 0 Å². The predicted octanol–water partition coefficient (Wildman–Crippen LogP) is 3.04. The van der Waals surface area contributed by atoms with Crippen LogP contribution in [0.5, 0.6) is 0 Å². The maximum absolute atomic E-state index is 13.3. The SMILES string of the molecule is CC(C)(C(=O)O)n1cc(NC(=O)C2(c3ccccc3Cl)CCOCC2)cn1. The highest BCUT2D eigenvalue weighted by molar-refractivity contribution is 6.31. The highest BCUT2D eigenvalue weighted by atomic mass is 35.5. The normalized spacial score (nSPS) is 16.7. The Balaban J connectivity index is 1.90. The van der Waals surface area contributed by atoms with E-state index in [1.54, 1.807) is 6.07 Å². The van der Waals surface area contributed by atoms with Crippen molar-refractivity contribution in [1.82, 2.24) is 9.78 Å². The molecule has 1 fully saturated rings. The molecule has 27 heavy (non-hydrogen) atoms. The lowest BCUT2D eigenvalue weighted by Crippen LogP contribution is -2.45. The van der Waals surface area contributed by atoms with Crippen molar-refractivity contribution in [2.45, 2.75) is 37.6 Å². The number of carboxylic acid groups (broad SMARTS) is 1. The average Bonchev–Trinajstić information content (AvgIpc) is 3.12. The van der Waals surface area contributed by atoms with E-state index in [0.29, 0.717) is 36.8 Å². The second-order valence-corrected chi connectivity index (χ2v) is 7.57. The quantitative estimate of drug-likeness (QED) is 0.817. The molecule has 3 rings (SSSR count). The van der Waals surface area contributed by atoms with Crippen LogP contribution in [0.15, 0.2) is 36.7 Å². The topological polar surface area (TPSA) is 93.5 Å². The number of rotatable bonds is 5. The minimum Gasteiger partial charge on any atom is -0.479 e. The molecular weight excluding hydrogens is 370 g/mol. The van der Waals surface area contributed by atoms with Crippen LogP contribution >= 0.6 is 11.6 Å². The Morgan fingerprint density at radius 2 is 1.96 bits per heavy atom. The molecule has 144 valence electrons. The van der Waals surface area contributed by atoms with E-state index in [9.17, 15) is 14.7 Å². The van der Waals surface area contributed by atoms with Gasteiger partial charge in [0.2, 0.25) is 5.91 Å². The molecule has 0 spiro atoms. The first-order valence-corrected chi connectivity index (χ1v) is 9.08. The summed E-state index contributed by atoms with van der Waals surface area (Å²) in [5.74, 6) is -1.22. The number of benzene rings is 1. The predicted molar refractivity (Wildman–Crippen MR) is 101 cm³/mol. The fraction of sp³-hybridized carbons (Fsp3) is 0.421. The number of halogens is 1. The summed E-state index contributed by atoms with van der Waals surface area (Å²) < 4.78 is 6.77. The minimum atomic E-state index is -1.22. The molecule has 2 N–H and O–H groups in total. The van der Waals surface area contributed by atoms with Gasteiger partial charge in [0.05, 0.1) is 17.3 Å². The molecule has 0 aliphatic carbocycles. The molecule has 2 heterocycles. The summed E-state index contributed by atoms with van der Waals surface area (Å²) in [5.41, 5.74) is -0.818. The van der Waals surface area contributed by atoms with Crippen molar-refractivity contribution in [3.8, 4) is 0 Å². The van der Waals surface area contributed by atoms with Gasteiger partial charge < -0.3 is 15.2 Å². The lowest BCUT2D eigenvalue weighted by molar-refractivity contribution is -0.146. The molecule has 1 aromatic heterocycles. The van der Waals surface area contributed by atoms with Crippen LogP contribution in [0, 0.1) is 0 Å². The van der Waals surface area contributed by atoms with Gasteiger partial charge in [0.1, 0.15) is 0 Å². The van der Waals surface area contributed by atoms with E-state index in [1.165, 1.54) is 30.9 Å². The summed E-state index contributed by atoms with van der Waals surface area (Å²) >= 11 is 6.39. The Labute approximate surface area is 162 Å². The minimum absolute atomic E-state index is 0.202. The number of carboxylic acids is 1. The number of hydrogen-bond donors (Lipinski definition) is 2. The number of ether oxygens (including phenoxy) is 1. The molecule has 0 atom stereocenters. The van der Waals surface area contributed by atoms with Crippen LogP contribution in [0.2, 0.25) is 5.02 Å². The van der Waals surface area contributed by atoms with Gasteiger partial charge in [-0.05, 0) is 38.3 Å². The van der Waals surface area contributed by atoms with Gasteiger partial charge in [-0.15, -0.1) is 0 Å².